The van der Waals surface area contributed by atoms with Crippen molar-refractivity contribution in [3.8, 4) is 0 Å². The van der Waals surface area contributed by atoms with Crippen LogP contribution in [-0.4, -0.2) is 24.1 Å². The molecule has 0 aromatic rings. The van der Waals surface area contributed by atoms with Crippen molar-refractivity contribution in [2.45, 2.75) is 63.7 Å². The van der Waals surface area contributed by atoms with Crippen LogP contribution in [-0.2, 0) is 0 Å². The third kappa shape index (κ3) is 4.78. The van der Waals surface area contributed by atoms with Crippen molar-refractivity contribution < 1.29 is 0 Å². The summed E-state index contributed by atoms with van der Waals surface area (Å²) in [5.74, 6) is 2.23. The van der Waals surface area contributed by atoms with Crippen LogP contribution >= 0.6 is 11.8 Å². The van der Waals surface area contributed by atoms with Gasteiger partial charge in [0, 0.05) is 11.3 Å². The fourth-order valence-electron chi connectivity index (χ4n) is 2.21. The molecule has 0 bridgehead atoms. The third-order valence-corrected chi connectivity index (χ3v) is 5.37. The van der Waals surface area contributed by atoms with Gasteiger partial charge in [-0.15, -0.1) is 0 Å². The minimum atomic E-state index is 0.765. The highest BCUT2D eigenvalue weighted by Crippen LogP contribution is 2.29. The van der Waals surface area contributed by atoms with Gasteiger partial charge in [-0.1, -0.05) is 39.5 Å². The lowest BCUT2D eigenvalue weighted by atomic mass is 10.1. The van der Waals surface area contributed by atoms with Crippen molar-refractivity contribution in [3.05, 3.63) is 0 Å². The Kier molecular flexibility index (Phi) is 6.74. The summed E-state index contributed by atoms with van der Waals surface area (Å²) >= 11 is 2.21. The molecule has 0 heterocycles. The van der Waals surface area contributed by atoms with Gasteiger partial charge in [-0.05, 0) is 31.6 Å². The molecular formula is C13H27NS. The Hall–Kier alpha value is 0.310. The molecule has 0 saturated heterocycles. The maximum atomic E-state index is 3.51. The van der Waals surface area contributed by atoms with E-state index in [-0.39, 0.29) is 0 Å². The van der Waals surface area contributed by atoms with E-state index in [9.17, 15) is 0 Å². The van der Waals surface area contributed by atoms with Crippen molar-refractivity contribution >= 4 is 11.8 Å². The van der Waals surface area contributed by atoms with Crippen LogP contribution in [0.5, 0.6) is 0 Å². The zero-order chi connectivity index (χ0) is 11.1. The van der Waals surface area contributed by atoms with Gasteiger partial charge in [-0.25, -0.2) is 0 Å². The largest absolute Gasteiger partial charge is 0.316 e. The second-order valence-electron chi connectivity index (χ2n) is 4.92. The molecule has 1 N–H and O–H groups in total. The lowest BCUT2D eigenvalue weighted by Gasteiger charge is -2.25. The minimum absolute atomic E-state index is 0.765. The molecule has 1 fully saturated rings. The van der Waals surface area contributed by atoms with E-state index in [1.165, 1.54) is 44.3 Å². The second-order valence-corrected chi connectivity index (χ2v) is 6.19. The summed E-state index contributed by atoms with van der Waals surface area (Å²) < 4.78 is 0. The van der Waals surface area contributed by atoms with Gasteiger partial charge in [0.15, 0.2) is 0 Å². The average Bonchev–Trinajstić information content (AvgIpc) is 2.50. The maximum Gasteiger partial charge on any atom is 0.0201 e. The topological polar surface area (TPSA) is 12.0 Å². The summed E-state index contributed by atoms with van der Waals surface area (Å²) in [6.07, 6.45) is 8.44. The summed E-state index contributed by atoms with van der Waals surface area (Å²) in [7, 11) is 2.13. The van der Waals surface area contributed by atoms with E-state index < -0.39 is 0 Å². The Bertz CT molecular complexity index is 161. The molecule has 3 atom stereocenters. The lowest BCUT2D eigenvalue weighted by Crippen LogP contribution is -2.35. The second kappa shape index (κ2) is 7.56. The summed E-state index contributed by atoms with van der Waals surface area (Å²) in [5.41, 5.74) is 0. The monoisotopic (exact) mass is 229 g/mol. The predicted molar refractivity (Wildman–Crippen MR) is 71.6 cm³/mol. The van der Waals surface area contributed by atoms with E-state index in [0.717, 1.165) is 17.2 Å². The molecule has 1 aliphatic rings. The molecule has 1 saturated carbocycles. The molecule has 0 aliphatic heterocycles. The molecular weight excluding hydrogens is 202 g/mol. The molecule has 2 heteroatoms. The number of nitrogens with one attached hydrogen (secondary N) is 1. The van der Waals surface area contributed by atoms with Crippen LogP contribution in [0.25, 0.3) is 0 Å². The van der Waals surface area contributed by atoms with Gasteiger partial charge in [0.25, 0.3) is 0 Å². The zero-order valence-electron chi connectivity index (χ0n) is 10.6. The number of hydrogen-bond donors (Lipinski definition) is 1. The molecule has 1 nitrogen and oxygen atoms in total. The Balaban J connectivity index is 2.34. The van der Waals surface area contributed by atoms with Crippen LogP contribution in [0.4, 0.5) is 0 Å². The molecule has 0 radical (unpaired) electrons. The fourth-order valence-corrected chi connectivity index (χ4v) is 3.86. The predicted octanol–water partition coefficient (Wildman–Crippen LogP) is 3.69. The Labute approximate surface area is 99.8 Å². The molecule has 0 spiro atoms. The smallest absolute Gasteiger partial charge is 0.0201 e. The normalized spacial score (nSPS) is 29.8. The SMILES string of the molecule is CCC(C)CSC1CCCCCC1NC. The maximum absolute atomic E-state index is 3.51. The summed E-state index contributed by atoms with van der Waals surface area (Å²) in [4.78, 5) is 0. The first kappa shape index (κ1) is 13.4. The summed E-state index contributed by atoms with van der Waals surface area (Å²) in [6, 6.07) is 0.765. The molecule has 1 rings (SSSR count). The first-order valence-electron chi connectivity index (χ1n) is 6.56. The van der Waals surface area contributed by atoms with Crippen LogP contribution in [0.2, 0.25) is 0 Å². The van der Waals surface area contributed by atoms with Crippen molar-refractivity contribution in [2.75, 3.05) is 12.8 Å². The summed E-state index contributed by atoms with van der Waals surface area (Å²) in [5, 5.41) is 4.38. The first-order valence-corrected chi connectivity index (χ1v) is 7.61. The van der Waals surface area contributed by atoms with Gasteiger partial charge in [-0.3, -0.25) is 0 Å². The van der Waals surface area contributed by atoms with Gasteiger partial charge in [0.2, 0.25) is 0 Å². The zero-order valence-corrected chi connectivity index (χ0v) is 11.4. The average molecular weight is 229 g/mol. The molecule has 15 heavy (non-hydrogen) atoms. The van der Waals surface area contributed by atoms with E-state index in [0.29, 0.717) is 0 Å². The van der Waals surface area contributed by atoms with E-state index in [4.69, 9.17) is 0 Å². The van der Waals surface area contributed by atoms with Crippen molar-refractivity contribution in [2.24, 2.45) is 5.92 Å². The van der Waals surface area contributed by atoms with E-state index in [1.54, 1.807) is 0 Å². The van der Waals surface area contributed by atoms with Gasteiger partial charge >= 0.3 is 0 Å². The Morgan fingerprint density at radius 3 is 2.67 bits per heavy atom. The molecule has 90 valence electrons. The minimum Gasteiger partial charge on any atom is -0.316 e. The molecule has 0 aromatic heterocycles. The van der Waals surface area contributed by atoms with Crippen molar-refractivity contribution in [1.29, 1.82) is 0 Å². The Morgan fingerprint density at radius 2 is 2.00 bits per heavy atom. The number of hydrogen-bond acceptors (Lipinski definition) is 2. The highest BCUT2D eigenvalue weighted by molar-refractivity contribution is 7.99. The standard InChI is InChI=1S/C13H27NS/c1-4-11(2)10-15-13-9-7-5-6-8-12(13)14-3/h11-14H,4-10H2,1-3H3. The van der Waals surface area contributed by atoms with Gasteiger partial charge < -0.3 is 5.32 Å². The van der Waals surface area contributed by atoms with Crippen LogP contribution in [0, 0.1) is 5.92 Å². The third-order valence-electron chi connectivity index (χ3n) is 3.62. The van der Waals surface area contributed by atoms with Crippen LogP contribution in [0.1, 0.15) is 52.4 Å². The van der Waals surface area contributed by atoms with Crippen LogP contribution in [0.15, 0.2) is 0 Å². The van der Waals surface area contributed by atoms with E-state index >= 15 is 0 Å². The number of rotatable bonds is 5. The fraction of sp³-hybridized carbons (Fsp3) is 1.00. The molecule has 1 aliphatic carbocycles. The molecule has 0 amide bonds. The van der Waals surface area contributed by atoms with Crippen molar-refractivity contribution in [1.82, 2.24) is 5.32 Å². The van der Waals surface area contributed by atoms with Crippen LogP contribution in [0.3, 0.4) is 0 Å². The quantitative estimate of drug-likeness (QED) is 0.722. The van der Waals surface area contributed by atoms with E-state index in [1.807, 2.05) is 0 Å². The lowest BCUT2D eigenvalue weighted by molar-refractivity contribution is 0.508. The van der Waals surface area contributed by atoms with E-state index in [2.05, 4.69) is 38.0 Å². The highest BCUT2D eigenvalue weighted by Gasteiger charge is 2.22. The first-order chi connectivity index (χ1) is 7.27. The number of thioether (sulfide) groups is 1. The molecule has 0 aromatic carbocycles. The van der Waals surface area contributed by atoms with Crippen LogP contribution < -0.4 is 5.32 Å². The summed E-state index contributed by atoms with van der Waals surface area (Å²) in [6.45, 7) is 4.67. The molecule has 3 unspecified atom stereocenters. The highest BCUT2D eigenvalue weighted by atomic mass is 32.2. The van der Waals surface area contributed by atoms with Gasteiger partial charge in [-0.2, -0.15) is 11.8 Å². The van der Waals surface area contributed by atoms with Gasteiger partial charge in [0.05, 0.1) is 0 Å². The van der Waals surface area contributed by atoms with Gasteiger partial charge in [0.1, 0.15) is 0 Å². The van der Waals surface area contributed by atoms with Crippen molar-refractivity contribution in [3.63, 3.8) is 0 Å². The Morgan fingerprint density at radius 1 is 1.27 bits per heavy atom.